The Morgan fingerprint density at radius 2 is 2.31 bits per heavy atom. The highest BCUT2D eigenvalue weighted by atomic mass is 35.5. The van der Waals surface area contributed by atoms with Crippen molar-refractivity contribution in [1.82, 2.24) is 9.61 Å². The van der Waals surface area contributed by atoms with Crippen LogP contribution in [-0.2, 0) is 6.42 Å². The van der Waals surface area contributed by atoms with Gasteiger partial charge in [-0.1, -0.05) is 0 Å². The lowest BCUT2D eigenvalue weighted by molar-refractivity contribution is 0.629. The Hall–Kier alpha value is -1.06. The molecule has 2 heterocycles. The summed E-state index contributed by atoms with van der Waals surface area (Å²) in [6.45, 7) is 0.777. The van der Waals surface area contributed by atoms with Crippen LogP contribution in [0.5, 0.6) is 0 Å². The average molecular weight is 238 g/mol. The van der Waals surface area contributed by atoms with E-state index in [2.05, 4.69) is 23.4 Å². The van der Waals surface area contributed by atoms with Crippen molar-refractivity contribution < 1.29 is 0 Å². The summed E-state index contributed by atoms with van der Waals surface area (Å²) in [5, 5.41) is 4.28. The number of halogens is 1. The second-order valence-electron chi connectivity index (χ2n) is 4.23. The van der Waals surface area contributed by atoms with Crippen molar-refractivity contribution in [2.24, 2.45) is 5.73 Å². The van der Waals surface area contributed by atoms with Crippen LogP contribution in [0.2, 0.25) is 0 Å². The first-order valence-corrected chi connectivity index (χ1v) is 5.55. The van der Waals surface area contributed by atoms with Crippen LogP contribution in [0.3, 0.4) is 0 Å². The lowest BCUT2D eigenvalue weighted by Gasteiger charge is -2.11. The summed E-state index contributed by atoms with van der Waals surface area (Å²) >= 11 is 0. The molecule has 0 aliphatic heterocycles. The molecule has 3 nitrogen and oxygen atoms in total. The van der Waals surface area contributed by atoms with Gasteiger partial charge in [-0.15, -0.1) is 12.4 Å². The predicted octanol–water partition coefficient (Wildman–Crippen LogP) is 2.13. The van der Waals surface area contributed by atoms with E-state index in [1.54, 1.807) is 0 Å². The summed E-state index contributed by atoms with van der Waals surface area (Å²) in [7, 11) is 0. The molecule has 1 atom stereocenters. The van der Waals surface area contributed by atoms with Gasteiger partial charge < -0.3 is 5.73 Å². The van der Waals surface area contributed by atoms with Crippen molar-refractivity contribution in [3.05, 3.63) is 35.7 Å². The zero-order valence-corrected chi connectivity index (χ0v) is 9.91. The molecule has 86 valence electrons. The molecule has 3 rings (SSSR count). The lowest BCUT2D eigenvalue weighted by atomic mass is 9.98. The molecule has 0 bridgehead atoms. The summed E-state index contributed by atoms with van der Waals surface area (Å²) in [6.07, 6.45) is 7.46. The number of pyridine rings is 1. The first-order valence-electron chi connectivity index (χ1n) is 5.55. The molecule has 1 aliphatic rings. The number of nitrogens with two attached hydrogens (primary N) is 1. The van der Waals surface area contributed by atoms with E-state index in [4.69, 9.17) is 5.73 Å². The van der Waals surface area contributed by atoms with Gasteiger partial charge in [-0.25, -0.2) is 4.52 Å². The molecule has 0 saturated carbocycles. The molecule has 0 fully saturated rings. The fourth-order valence-electron chi connectivity index (χ4n) is 2.71. The Morgan fingerprint density at radius 3 is 3.12 bits per heavy atom. The van der Waals surface area contributed by atoms with Gasteiger partial charge in [0.05, 0.1) is 5.52 Å². The fraction of sp³-hybridized carbons (Fsp3) is 0.417. The van der Waals surface area contributed by atoms with E-state index in [0.29, 0.717) is 5.92 Å². The molecular formula is C12H16ClN3. The number of nitrogens with zero attached hydrogens (tertiary/aromatic N) is 2. The van der Waals surface area contributed by atoms with Gasteiger partial charge in [-0.05, 0) is 55.0 Å². The monoisotopic (exact) mass is 237 g/mol. The zero-order chi connectivity index (χ0) is 10.3. The highest BCUT2D eigenvalue weighted by Crippen LogP contribution is 2.37. The van der Waals surface area contributed by atoms with Crippen LogP contribution in [0.15, 0.2) is 24.5 Å². The number of hydrogen-bond donors (Lipinski definition) is 1. The standard InChI is InChI=1S/C12H15N3.ClH/c13-6-3-9-1-2-10-5-8-15-11(12(9)10)4-7-14-15;/h4-5,7-9H,1-3,6,13H2;1H. The van der Waals surface area contributed by atoms with Gasteiger partial charge >= 0.3 is 0 Å². The SMILES string of the molecule is Cl.NCCC1CCc2ccn3nccc3c21. The Labute approximate surface area is 101 Å². The number of aryl methyl sites for hydroxylation is 1. The minimum Gasteiger partial charge on any atom is -0.330 e. The minimum atomic E-state index is 0. The Balaban J connectivity index is 0.000000963. The Morgan fingerprint density at radius 1 is 1.44 bits per heavy atom. The van der Waals surface area contributed by atoms with Gasteiger partial charge in [0.1, 0.15) is 0 Å². The number of rotatable bonds is 2. The maximum absolute atomic E-state index is 5.66. The van der Waals surface area contributed by atoms with Crippen molar-refractivity contribution in [2.45, 2.75) is 25.2 Å². The van der Waals surface area contributed by atoms with Crippen LogP contribution in [-0.4, -0.2) is 16.2 Å². The van der Waals surface area contributed by atoms with E-state index in [-0.39, 0.29) is 12.4 Å². The largest absolute Gasteiger partial charge is 0.330 e. The predicted molar refractivity (Wildman–Crippen MR) is 67.2 cm³/mol. The van der Waals surface area contributed by atoms with Gasteiger partial charge in [0.15, 0.2) is 0 Å². The van der Waals surface area contributed by atoms with E-state index >= 15 is 0 Å². The Kier molecular flexibility index (Phi) is 3.17. The van der Waals surface area contributed by atoms with Gasteiger partial charge in [0, 0.05) is 12.4 Å². The van der Waals surface area contributed by atoms with Crippen LogP contribution >= 0.6 is 12.4 Å². The summed E-state index contributed by atoms with van der Waals surface area (Å²) < 4.78 is 1.97. The first-order chi connectivity index (χ1) is 7.40. The van der Waals surface area contributed by atoms with Crippen LogP contribution in [0.4, 0.5) is 0 Å². The van der Waals surface area contributed by atoms with E-state index in [9.17, 15) is 0 Å². The molecule has 2 N–H and O–H groups in total. The van der Waals surface area contributed by atoms with E-state index < -0.39 is 0 Å². The van der Waals surface area contributed by atoms with Gasteiger partial charge in [0.25, 0.3) is 0 Å². The quantitative estimate of drug-likeness (QED) is 0.870. The zero-order valence-electron chi connectivity index (χ0n) is 9.10. The fourth-order valence-corrected chi connectivity index (χ4v) is 2.71. The van der Waals surface area contributed by atoms with Crippen molar-refractivity contribution in [3.8, 4) is 0 Å². The van der Waals surface area contributed by atoms with E-state index in [1.807, 2.05) is 10.7 Å². The highest BCUT2D eigenvalue weighted by Gasteiger charge is 2.24. The van der Waals surface area contributed by atoms with E-state index in [0.717, 1.165) is 13.0 Å². The van der Waals surface area contributed by atoms with Gasteiger partial charge in [-0.2, -0.15) is 5.10 Å². The molecule has 1 aliphatic carbocycles. The maximum Gasteiger partial charge on any atom is 0.0699 e. The molecule has 2 aromatic heterocycles. The molecule has 0 saturated heterocycles. The molecule has 0 aromatic carbocycles. The maximum atomic E-state index is 5.66. The molecule has 1 unspecified atom stereocenters. The summed E-state index contributed by atoms with van der Waals surface area (Å²) in [5.41, 5.74) is 9.90. The van der Waals surface area contributed by atoms with Crippen molar-refractivity contribution >= 4 is 17.9 Å². The Bertz CT molecular complexity index is 490. The third-order valence-corrected chi connectivity index (χ3v) is 3.39. The summed E-state index contributed by atoms with van der Waals surface area (Å²) in [5.74, 6) is 0.644. The number of hydrogen-bond acceptors (Lipinski definition) is 2. The van der Waals surface area contributed by atoms with Crippen LogP contribution in [0, 0.1) is 0 Å². The summed E-state index contributed by atoms with van der Waals surface area (Å²) in [6, 6.07) is 4.31. The summed E-state index contributed by atoms with van der Waals surface area (Å²) in [4.78, 5) is 0. The lowest BCUT2D eigenvalue weighted by Crippen LogP contribution is -2.05. The van der Waals surface area contributed by atoms with Gasteiger partial charge in [0.2, 0.25) is 0 Å². The molecule has 0 radical (unpaired) electrons. The van der Waals surface area contributed by atoms with Crippen LogP contribution < -0.4 is 5.73 Å². The number of fused-ring (bicyclic) bond motifs is 3. The molecule has 16 heavy (non-hydrogen) atoms. The molecule has 0 spiro atoms. The van der Waals surface area contributed by atoms with Crippen LogP contribution in [0.25, 0.3) is 5.52 Å². The third kappa shape index (κ3) is 1.60. The van der Waals surface area contributed by atoms with Crippen molar-refractivity contribution in [1.29, 1.82) is 0 Å². The second-order valence-corrected chi connectivity index (χ2v) is 4.23. The smallest absolute Gasteiger partial charge is 0.0699 e. The molecule has 0 amide bonds. The molecular weight excluding hydrogens is 222 g/mol. The number of aromatic nitrogens is 2. The topological polar surface area (TPSA) is 43.3 Å². The molecule has 2 aromatic rings. The van der Waals surface area contributed by atoms with E-state index in [1.165, 1.54) is 29.5 Å². The third-order valence-electron chi connectivity index (χ3n) is 3.39. The second kappa shape index (κ2) is 4.44. The first kappa shape index (κ1) is 11.4. The van der Waals surface area contributed by atoms with Gasteiger partial charge in [-0.3, -0.25) is 0 Å². The average Bonchev–Trinajstić information content (AvgIpc) is 2.83. The minimum absolute atomic E-state index is 0. The van der Waals surface area contributed by atoms with Crippen molar-refractivity contribution in [3.63, 3.8) is 0 Å². The highest BCUT2D eigenvalue weighted by molar-refractivity contribution is 5.85. The normalized spacial score (nSPS) is 18.4. The molecule has 4 heteroatoms. The van der Waals surface area contributed by atoms with Crippen molar-refractivity contribution in [2.75, 3.05) is 6.54 Å². The van der Waals surface area contributed by atoms with Crippen LogP contribution in [0.1, 0.15) is 29.9 Å².